The summed E-state index contributed by atoms with van der Waals surface area (Å²) in [5.41, 5.74) is 0.990. The van der Waals surface area contributed by atoms with Crippen LogP contribution in [0.15, 0.2) is 34.2 Å². The number of furan rings is 1. The molecule has 0 aromatic carbocycles. The summed E-state index contributed by atoms with van der Waals surface area (Å²) in [4.78, 5) is 26.4. The molecule has 1 aliphatic rings. The second-order valence-corrected chi connectivity index (χ2v) is 6.73. The van der Waals surface area contributed by atoms with Crippen molar-refractivity contribution in [1.29, 1.82) is 0 Å². The molecule has 1 aliphatic heterocycles. The summed E-state index contributed by atoms with van der Waals surface area (Å²) in [6.45, 7) is 2.39. The molecule has 1 saturated heterocycles. The van der Waals surface area contributed by atoms with Crippen LogP contribution in [0.4, 0.5) is 0 Å². The predicted octanol–water partition coefficient (Wildman–Crippen LogP) is -0.00330. The average molecular weight is 364 g/mol. The number of hydrogen-bond acceptors (Lipinski definition) is 7. The van der Waals surface area contributed by atoms with Gasteiger partial charge in [-0.2, -0.15) is 10.3 Å². The zero-order chi connectivity index (χ0) is 17.5. The number of rotatable bonds is 8. The van der Waals surface area contributed by atoms with Crippen LogP contribution in [0.2, 0.25) is 0 Å². The monoisotopic (exact) mass is 364 g/mol. The molecule has 10 heteroatoms. The van der Waals surface area contributed by atoms with Crippen molar-refractivity contribution in [3.63, 3.8) is 0 Å². The van der Waals surface area contributed by atoms with Crippen LogP contribution in [-0.4, -0.2) is 63.6 Å². The third kappa shape index (κ3) is 5.07. The first-order chi connectivity index (χ1) is 12.2. The minimum Gasteiger partial charge on any atom is -0.472 e. The number of nitrogens with one attached hydrogen (secondary N) is 3. The highest BCUT2D eigenvalue weighted by Gasteiger charge is 2.31. The van der Waals surface area contributed by atoms with Gasteiger partial charge in [0.15, 0.2) is 0 Å². The molecule has 2 amide bonds. The van der Waals surface area contributed by atoms with Gasteiger partial charge in [-0.05, 0) is 6.07 Å². The number of nitrogens with zero attached hydrogens (tertiary/aromatic N) is 3. The van der Waals surface area contributed by atoms with E-state index < -0.39 is 6.04 Å². The maximum absolute atomic E-state index is 12.2. The van der Waals surface area contributed by atoms with Gasteiger partial charge in [0.05, 0.1) is 31.2 Å². The minimum absolute atomic E-state index is 0.109. The molecule has 1 unspecified atom stereocenters. The van der Waals surface area contributed by atoms with E-state index in [0.717, 1.165) is 10.6 Å². The molecule has 1 atom stereocenters. The third-order valence-electron chi connectivity index (χ3n) is 3.85. The fourth-order valence-electron chi connectivity index (χ4n) is 2.64. The van der Waals surface area contributed by atoms with Crippen LogP contribution in [-0.2, 0) is 16.1 Å². The Bertz CT molecular complexity index is 676. The van der Waals surface area contributed by atoms with Crippen molar-refractivity contribution in [2.24, 2.45) is 0 Å². The number of H-pyrrole nitrogens is 1. The van der Waals surface area contributed by atoms with Crippen molar-refractivity contribution >= 4 is 23.6 Å². The molecule has 0 aliphatic carbocycles. The number of piperazine rings is 1. The largest absolute Gasteiger partial charge is 0.472 e. The maximum Gasteiger partial charge on any atom is 0.237 e. The molecule has 0 bridgehead atoms. The Morgan fingerprint density at radius 2 is 2.44 bits per heavy atom. The molecule has 3 N–H and O–H groups in total. The van der Waals surface area contributed by atoms with Gasteiger partial charge in [0.25, 0.3) is 0 Å². The molecule has 25 heavy (non-hydrogen) atoms. The molecule has 0 radical (unpaired) electrons. The first-order valence-corrected chi connectivity index (χ1v) is 8.99. The van der Waals surface area contributed by atoms with Crippen molar-refractivity contribution in [1.82, 2.24) is 30.9 Å². The van der Waals surface area contributed by atoms with E-state index >= 15 is 0 Å². The molecule has 134 valence electrons. The molecule has 1 fully saturated rings. The van der Waals surface area contributed by atoms with Gasteiger partial charge in [0.1, 0.15) is 5.03 Å². The Labute approximate surface area is 148 Å². The molecule has 2 aromatic rings. The normalized spacial score (nSPS) is 18.1. The van der Waals surface area contributed by atoms with E-state index in [1.54, 1.807) is 18.7 Å². The number of amides is 2. The fraction of sp³-hybridized carbons (Fsp3) is 0.467. The first-order valence-electron chi connectivity index (χ1n) is 8.00. The van der Waals surface area contributed by atoms with E-state index in [1.165, 1.54) is 11.8 Å². The van der Waals surface area contributed by atoms with Gasteiger partial charge in [-0.15, -0.1) is 16.9 Å². The lowest BCUT2D eigenvalue weighted by Crippen LogP contribution is -2.56. The quantitative estimate of drug-likeness (QED) is 0.446. The van der Waals surface area contributed by atoms with Crippen molar-refractivity contribution in [3.8, 4) is 0 Å². The van der Waals surface area contributed by atoms with Crippen LogP contribution in [0.3, 0.4) is 0 Å². The Hall–Kier alpha value is -2.33. The number of carbonyl (C=O) groups excluding carboxylic acids is 2. The SMILES string of the molecule is O=C(CC1C(=O)NCCN1Cc1ccoc1)NCCSc1cn[nH]n1. The van der Waals surface area contributed by atoms with Crippen molar-refractivity contribution in [2.75, 3.05) is 25.4 Å². The summed E-state index contributed by atoms with van der Waals surface area (Å²) < 4.78 is 5.07. The lowest BCUT2D eigenvalue weighted by atomic mass is 10.1. The molecule has 2 aromatic heterocycles. The molecule has 0 saturated carbocycles. The summed E-state index contributed by atoms with van der Waals surface area (Å²) >= 11 is 1.50. The number of carbonyl (C=O) groups is 2. The van der Waals surface area contributed by atoms with E-state index in [0.29, 0.717) is 31.9 Å². The highest BCUT2D eigenvalue weighted by molar-refractivity contribution is 7.99. The van der Waals surface area contributed by atoms with Crippen LogP contribution in [0.25, 0.3) is 0 Å². The van der Waals surface area contributed by atoms with Gasteiger partial charge in [-0.1, -0.05) is 0 Å². The molecular weight excluding hydrogens is 344 g/mol. The zero-order valence-corrected chi connectivity index (χ0v) is 14.4. The Morgan fingerprint density at radius 3 is 3.20 bits per heavy atom. The van der Waals surface area contributed by atoms with Gasteiger partial charge in [0.2, 0.25) is 11.8 Å². The van der Waals surface area contributed by atoms with Crippen LogP contribution in [0.5, 0.6) is 0 Å². The van der Waals surface area contributed by atoms with Crippen LogP contribution < -0.4 is 10.6 Å². The smallest absolute Gasteiger partial charge is 0.237 e. The van der Waals surface area contributed by atoms with Gasteiger partial charge < -0.3 is 15.1 Å². The van der Waals surface area contributed by atoms with E-state index in [1.807, 2.05) is 11.0 Å². The second-order valence-electron chi connectivity index (χ2n) is 5.62. The molecular formula is C15H20N6O3S. The highest BCUT2D eigenvalue weighted by atomic mass is 32.2. The van der Waals surface area contributed by atoms with E-state index in [-0.39, 0.29) is 18.2 Å². The highest BCUT2D eigenvalue weighted by Crippen LogP contribution is 2.14. The van der Waals surface area contributed by atoms with E-state index in [4.69, 9.17) is 4.42 Å². The Balaban J connectivity index is 1.46. The van der Waals surface area contributed by atoms with E-state index in [9.17, 15) is 9.59 Å². The van der Waals surface area contributed by atoms with Gasteiger partial charge >= 0.3 is 0 Å². The summed E-state index contributed by atoms with van der Waals surface area (Å²) in [7, 11) is 0. The lowest BCUT2D eigenvalue weighted by Gasteiger charge is -2.34. The third-order valence-corrected chi connectivity index (χ3v) is 4.75. The topological polar surface area (TPSA) is 116 Å². The Morgan fingerprint density at radius 1 is 1.52 bits per heavy atom. The predicted molar refractivity (Wildman–Crippen MR) is 90.6 cm³/mol. The van der Waals surface area contributed by atoms with Gasteiger partial charge in [-0.3, -0.25) is 14.5 Å². The number of aromatic nitrogens is 3. The summed E-state index contributed by atoms with van der Waals surface area (Å²) in [6.07, 6.45) is 5.03. The molecule has 3 rings (SSSR count). The number of hydrogen-bond donors (Lipinski definition) is 3. The standard InChI is InChI=1S/C15H20N6O3S/c22-13(16-3-6-25-14-8-18-20-19-14)7-12-15(23)17-2-4-21(12)9-11-1-5-24-10-11/h1,5,8,10,12H,2-4,6-7,9H2,(H,16,22)(H,17,23)(H,18,19,20). The number of aromatic amines is 1. The molecule has 0 spiro atoms. The van der Waals surface area contributed by atoms with Gasteiger partial charge in [-0.25, -0.2) is 0 Å². The summed E-state index contributed by atoms with van der Waals surface area (Å²) in [5, 5.41) is 16.6. The summed E-state index contributed by atoms with van der Waals surface area (Å²) in [6, 6.07) is 1.40. The van der Waals surface area contributed by atoms with Crippen molar-refractivity contribution in [3.05, 3.63) is 30.4 Å². The minimum atomic E-state index is -0.466. The molecule has 9 nitrogen and oxygen atoms in total. The average Bonchev–Trinajstić information content (AvgIpc) is 3.28. The molecule has 3 heterocycles. The number of thioether (sulfide) groups is 1. The fourth-order valence-corrected chi connectivity index (χ4v) is 3.29. The van der Waals surface area contributed by atoms with Crippen LogP contribution >= 0.6 is 11.8 Å². The van der Waals surface area contributed by atoms with E-state index in [2.05, 4.69) is 26.0 Å². The van der Waals surface area contributed by atoms with Crippen molar-refractivity contribution in [2.45, 2.75) is 24.0 Å². The second kappa shape index (κ2) is 8.67. The van der Waals surface area contributed by atoms with Crippen molar-refractivity contribution < 1.29 is 14.0 Å². The Kier molecular flexibility index (Phi) is 6.07. The lowest BCUT2D eigenvalue weighted by molar-refractivity contribution is -0.134. The summed E-state index contributed by atoms with van der Waals surface area (Å²) in [5.74, 6) is 0.440. The first kappa shape index (κ1) is 17.5. The van der Waals surface area contributed by atoms with Crippen LogP contribution in [0, 0.1) is 0 Å². The van der Waals surface area contributed by atoms with Crippen LogP contribution in [0.1, 0.15) is 12.0 Å². The van der Waals surface area contributed by atoms with Gasteiger partial charge in [0, 0.05) is 37.5 Å². The zero-order valence-electron chi connectivity index (χ0n) is 13.6. The maximum atomic E-state index is 12.2.